The number of hydrogen-bond donors (Lipinski definition) is 3. The quantitative estimate of drug-likeness (QED) is 0.139. The molecule has 3 aromatic carbocycles. The Morgan fingerprint density at radius 3 is 2.14 bits per heavy atom. The summed E-state index contributed by atoms with van der Waals surface area (Å²) in [5.41, 5.74) is 1.94. The van der Waals surface area contributed by atoms with Crippen LogP contribution in [0.4, 0.5) is 11.4 Å². The molecule has 1 atom stereocenters. The average Bonchev–Trinajstić information content (AvgIpc) is 3.05. The van der Waals surface area contributed by atoms with E-state index in [-0.39, 0.29) is 11.6 Å². The third kappa shape index (κ3) is 8.39. The summed E-state index contributed by atoms with van der Waals surface area (Å²) in [4.78, 5) is 44.2. The number of carbonyl (C=O) groups excluding carboxylic acids is 3. The first-order valence-electron chi connectivity index (χ1n) is 13.5. The highest BCUT2D eigenvalue weighted by Gasteiger charge is 2.19. The zero-order valence-electron chi connectivity index (χ0n) is 24.6. The number of pyridine rings is 1. The van der Waals surface area contributed by atoms with Gasteiger partial charge in [-0.05, 0) is 61.5 Å². The number of carbonyl (C=O) groups is 3. The van der Waals surface area contributed by atoms with Crippen LogP contribution in [0.5, 0.6) is 17.2 Å². The number of anilines is 2. The molecule has 1 aromatic heterocycles. The summed E-state index contributed by atoms with van der Waals surface area (Å²) in [6, 6.07) is 22.4. The summed E-state index contributed by atoms with van der Waals surface area (Å²) in [7, 11) is 4.49. The number of aromatic nitrogens is 1. The van der Waals surface area contributed by atoms with Gasteiger partial charge in [-0.1, -0.05) is 24.3 Å². The number of nitrogens with one attached hydrogen (secondary N) is 3. The van der Waals surface area contributed by atoms with Crippen LogP contribution in [-0.4, -0.2) is 49.3 Å². The molecule has 0 aliphatic rings. The summed E-state index contributed by atoms with van der Waals surface area (Å²) in [5, 5.41) is 8.01. The molecule has 0 spiro atoms. The first-order valence-corrected chi connectivity index (χ1v) is 14.4. The lowest BCUT2D eigenvalue weighted by Crippen LogP contribution is -2.30. The number of methoxy groups -OCH3 is 3. The lowest BCUT2D eigenvalue weighted by molar-refractivity contribution is -0.115. The van der Waals surface area contributed by atoms with Crippen LogP contribution in [0.2, 0.25) is 0 Å². The fourth-order valence-corrected chi connectivity index (χ4v) is 4.97. The van der Waals surface area contributed by atoms with E-state index in [0.29, 0.717) is 39.8 Å². The van der Waals surface area contributed by atoms with Gasteiger partial charge in [-0.15, -0.1) is 11.8 Å². The van der Waals surface area contributed by atoms with Crippen LogP contribution in [0.1, 0.15) is 22.8 Å². The summed E-state index contributed by atoms with van der Waals surface area (Å²) in [6.07, 6.45) is 4.71. The van der Waals surface area contributed by atoms with E-state index in [1.807, 2.05) is 6.07 Å². The maximum Gasteiger partial charge on any atom is 0.272 e. The molecule has 0 aliphatic carbocycles. The highest BCUT2D eigenvalue weighted by atomic mass is 32.2. The van der Waals surface area contributed by atoms with Crippen LogP contribution in [0, 0.1) is 0 Å². The van der Waals surface area contributed by atoms with E-state index < -0.39 is 17.1 Å². The van der Waals surface area contributed by atoms with Crippen molar-refractivity contribution in [3.8, 4) is 17.2 Å². The van der Waals surface area contributed by atoms with Gasteiger partial charge in [0.25, 0.3) is 11.8 Å². The second-order valence-corrected chi connectivity index (χ2v) is 10.7. The van der Waals surface area contributed by atoms with Crippen LogP contribution in [0.3, 0.4) is 0 Å². The monoisotopic (exact) mass is 612 g/mol. The molecule has 0 fully saturated rings. The molecule has 10 nitrogen and oxygen atoms in total. The number of thioether (sulfide) groups is 1. The minimum absolute atomic E-state index is 0.0347. The predicted octanol–water partition coefficient (Wildman–Crippen LogP) is 5.64. The molecule has 0 aliphatic heterocycles. The lowest BCUT2D eigenvalue weighted by atomic mass is 10.1. The van der Waals surface area contributed by atoms with Crippen LogP contribution < -0.4 is 30.2 Å². The van der Waals surface area contributed by atoms with Gasteiger partial charge in [0.05, 0.1) is 26.6 Å². The molecule has 1 heterocycles. The van der Waals surface area contributed by atoms with Crippen LogP contribution in [0.25, 0.3) is 6.08 Å². The molecular formula is C33H32N4O6S. The van der Waals surface area contributed by atoms with Crippen molar-refractivity contribution in [3.05, 3.63) is 108 Å². The molecule has 3 amide bonds. The van der Waals surface area contributed by atoms with Crippen molar-refractivity contribution in [1.29, 1.82) is 0 Å². The van der Waals surface area contributed by atoms with Gasteiger partial charge in [-0.3, -0.25) is 19.4 Å². The fraction of sp³-hybridized carbons (Fsp3) is 0.152. The van der Waals surface area contributed by atoms with E-state index in [1.165, 1.54) is 39.2 Å². The molecule has 1 unspecified atom stereocenters. The molecule has 11 heteroatoms. The maximum absolute atomic E-state index is 13.6. The first-order chi connectivity index (χ1) is 21.3. The van der Waals surface area contributed by atoms with E-state index in [4.69, 9.17) is 14.2 Å². The predicted molar refractivity (Wildman–Crippen MR) is 171 cm³/mol. The van der Waals surface area contributed by atoms with Crippen LogP contribution >= 0.6 is 11.8 Å². The van der Waals surface area contributed by atoms with Crippen molar-refractivity contribution in [3.63, 3.8) is 0 Å². The van der Waals surface area contributed by atoms with Gasteiger partial charge in [-0.2, -0.15) is 0 Å². The second-order valence-electron chi connectivity index (χ2n) is 9.29. The average molecular weight is 613 g/mol. The Morgan fingerprint density at radius 2 is 1.45 bits per heavy atom. The Kier molecular flexibility index (Phi) is 11.0. The van der Waals surface area contributed by atoms with E-state index in [2.05, 4.69) is 20.9 Å². The minimum atomic E-state index is -0.572. The molecule has 4 aromatic rings. The van der Waals surface area contributed by atoms with E-state index in [0.717, 1.165) is 4.90 Å². The smallest absolute Gasteiger partial charge is 0.272 e. The van der Waals surface area contributed by atoms with Gasteiger partial charge in [0.15, 0.2) is 11.5 Å². The van der Waals surface area contributed by atoms with Gasteiger partial charge >= 0.3 is 0 Å². The summed E-state index contributed by atoms with van der Waals surface area (Å²) in [6.45, 7) is 1.79. The highest BCUT2D eigenvalue weighted by molar-refractivity contribution is 8.00. The number of ether oxygens (including phenoxy) is 3. The third-order valence-corrected chi connectivity index (χ3v) is 7.38. The summed E-state index contributed by atoms with van der Waals surface area (Å²) >= 11 is 1.34. The largest absolute Gasteiger partial charge is 0.496 e. The van der Waals surface area contributed by atoms with Crippen molar-refractivity contribution in [1.82, 2.24) is 10.3 Å². The zero-order valence-corrected chi connectivity index (χ0v) is 25.4. The SMILES string of the molecule is COc1cc(OC)c(OC)cc1/C=C(/NC(=O)c1ccccc1)C(=O)Nc1cccc(SC(C)C(=O)Nc2ccncc2)c1. The number of rotatable bonds is 12. The van der Waals surface area contributed by atoms with E-state index in [9.17, 15) is 14.4 Å². The topological polar surface area (TPSA) is 128 Å². The van der Waals surface area contributed by atoms with Crippen molar-refractivity contribution in [2.24, 2.45) is 0 Å². The highest BCUT2D eigenvalue weighted by Crippen LogP contribution is 2.36. The standard InChI is InChI=1S/C33H32N4O6S/c1-21(31(38)35-24-13-15-34-16-14-24)44-26-12-8-11-25(19-26)36-33(40)27(37-32(39)22-9-6-5-7-10-22)17-23-18-29(42-3)30(43-4)20-28(23)41-2/h5-21H,1-4H3,(H,36,40)(H,37,39)(H,34,35,38)/b27-17+. The molecule has 3 N–H and O–H groups in total. The Hall–Kier alpha value is -5.29. The summed E-state index contributed by atoms with van der Waals surface area (Å²) in [5.74, 6) is 0.0496. The number of amides is 3. The lowest BCUT2D eigenvalue weighted by Gasteiger charge is -2.15. The molecule has 0 bridgehead atoms. The molecule has 44 heavy (non-hydrogen) atoms. The van der Waals surface area contributed by atoms with Gasteiger partial charge in [0, 0.05) is 45.9 Å². The van der Waals surface area contributed by atoms with E-state index in [1.54, 1.807) is 92.1 Å². The van der Waals surface area contributed by atoms with Crippen LogP contribution in [0.15, 0.2) is 102 Å². The normalized spacial score (nSPS) is 11.6. The third-order valence-electron chi connectivity index (χ3n) is 6.29. The van der Waals surface area contributed by atoms with Gasteiger partial charge < -0.3 is 30.2 Å². The van der Waals surface area contributed by atoms with Crippen LogP contribution in [-0.2, 0) is 9.59 Å². The second kappa shape index (κ2) is 15.3. The molecule has 4 rings (SSSR count). The number of benzene rings is 3. The van der Waals surface area contributed by atoms with Crippen molar-refractivity contribution in [2.45, 2.75) is 17.1 Å². The molecule has 0 radical (unpaired) electrons. The number of nitrogens with zero attached hydrogens (tertiary/aromatic N) is 1. The van der Waals surface area contributed by atoms with Gasteiger partial charge in [-0.25, -0.2) is 0 Å². The molecular weight excluding hydrogens is 580 g/mol. The van der Waals surface area contributed by atoms with Crippen molar-refractivity contribution >= 4 is 46.9 Å². The van der Waals surface area contributed by atoms with Gasteiger partial charge in [0.2, 0.25) is 5.91 Å². The Balaban J connectivity index is 1.58. The Labute approximate surface area is 259 Å². The number of hydrogen-bond acceptors (Lipinski definition) is 8. The molecule has 0 saturated carbocycles. The summed E-state index contributed by atoms with van der Waals surface area (Å²) < 4.78 is 16.3. The first kappa shape index (κ1) is 31.6. The van der Waals surface area contributed by atoms with E-state index >= 15 is 0 Å². The van der Waals surface area contributed by atoms with Crippen molar-refractivity contribution in [2.75, 3.05) is 32.0 Å². The molecule has 226 valence electrons. The molecule has 0 saturated heterocycles. The Bertz CT molecular complexity index is 1650. The fourth-order valence-electron chi connectivity index (χ4n) is 4.05. The van der Waals surface area contributed by atoms with Crippen molar-refractivity contribution < 1.29 is 28.6 Å². The maximum atomic E-state index is 13.6. The zero-order chi connectivity index (χ0) is 31.5. The van der Waals surface area contributed by atoms with Gasteiger partial charge in [0.1, 0.15) is 11.4 Å². The minimum Gasteiger partial charge on any atom is -0.496 e. The Morgan fingerprint density at radius 1 is 0.773 bits per heavy atom.